The molecule has 0 fully saturated rings. The van der Waals surface area contributed by atoms with Crippen LogP contribution in [0.4, 0.5) is 22.0 Å². The molecule has 1 aromatic heterocycles. The maximum absolute atomic E-state index is 11.9. The lowest BCUT2D eigenvalue weighted by Gasteiger charge is -2.09. The maximum Gasteiger partial charge on any atom is 0.323 e. The third-order valence-corrected chi connectivity index (χ3v) is 3.37. The van der Waals surface area contributed by atoms with Crippen molar-refractivity contribution in [1.82, 2.24) is 4.98 Å². The zero-order chi connectivity index (χ0) is 16.6. The molecule has 0 saturated carbocycles. The Bertz CT molecular complexity index is 773. The van der Waals surface area contributed by atoms with E-state index in [1.165, 1.54) is 5.56 Å². The highest BCUT2D eigenvalue weighted by Crippen LogP contribution is 2.12. The number of aromatic nitrogens is 1. The van der Waals surface area contributed by atoms with Crippen LogP contribution < -0.4 is 16.0 Å². The van der Waals surface area contributed by atoms with E-state index < -0.39 is 0 Å². The standard InChI is InChI=1S/C19H18N4O/c24-19(22-16-9-5-2-6-10-16)23-17-11-12-18(21-14-17)20-13-15-7-3-1-4-8-15/h1-12,14H,13H2,(H,20,21)(H2,22,23,24). The zero-order valence-electron chi connectivity index (χ0n) is 13.1. The van der Waals surface area contributed by atoms with E-state index in [0.29, 0.717) is 12.2 Å². The van der Waals surface area contributed by atoms with Crippen molar-refractivity contribution in [2.24, 2.45) is 0 Å². The Hall–Kier alpha value is -3.34. The maximum atomic E-state index is 11.9. The predicted octanol–water partition coefficient (Wildman–Crippen LogP) is 4.34. The van der Waals surface area contributed by atoms with Crippen LogP contribution in [0.15, 0.2) is 79.0 Å². The summed E-state index contributed by atoms with van der Waals surface area (Å²) >= 11 is 0. The third-order valence-electron chi connectivity index (χ3n) is 3.37. The average Bonchev–Trinajstić information content (AvgIpc) is 2.63. The van der Waals surface area contributed by atoms with Crippen molar-refractivity contribution in [3.05, 3.63) is 84.6 Å². The number of pyridine rings is 1. The first-order valence-electron chi connectivity index (χ1n) is 7.66. The van der Waals surface area contributed by atoms with Crippen molar-refractivity contribution in [3.8, 4) is 0 Å². The molecule has 3 N–H and O–H groups in total. The van der Waals surface area contributed by atoms with Crippen molar-refractivity contribution in [2.45, 2.75) is 6.54 Å². The van der Waals surface area contributed by atoms with Crippen LogP contribution in [0.2, 0.25) is 0 Å². The molecule has 0 aliphatic heterocycles. The van der Waals surface area contributed by atoms with E-state index in [-0.39, 0.29) is 6.03 Å². The number of nitrogens with one attached hydrogen (secondary N) is 3. The molecule has 2 aromatic carbocycles. The first-order chi connectivity index (χ1) is 11.8. The molecule has 0 atom stereocenters. The summed E-state index contributed by atoms with van der Waals surface area (Å²) in [7, 11) is 0. The summed E-state index contributed by atoms with van der Waals surface area (Å²) in [6.45, 7) is 0.703. The molecule has 3 aromatic rings. The summed E-state index contributed by atoms with van der Waals surface area (Å²) in [6.07, 6.45) is 1.62. The summed E-state index contributed by atoms with van der Waals surface area (Å²) in [4.78, 5) is 16.2. The fourth-order valence-electron chi connectivity index (χ4n) is 2.18. The van der Waals surface area contributed by atoms with E-state index in [1.54, 1.807) is 6.20 Å². The molecule has 1 heterocycles. The molecule has 5 heteroatoms. The summed E-state index contributed by atoms with van der Waals surface area (Å²) in [5.74, 6) is 0.757. The summed E-state index contributed by atoms with van der Waals surface area (Å²) < 4.78 is 0. The number of carbonyl (C=O) groups is 1. The monoisotopic (exact) mass is 318 g/mol. The van der Waals surface area contributed by atoms with Gasteiger partial charge < -0.3 is 16.0 Å². The Morgan fingerprint density at radius 2 is 1.46 bits per heavy atom. The van der Waals surface area contributed by atoms with E-state index in [4.69, 9.17) is 0 Å². The van der Waals surface area contributed by atoms with Gasteiger partial charge in [0.1, 0.15) is 5.82 Å². The Labute approximate surface area is 140 Å². The van der Waals surface area contributed by atoms with Crippen molar-refractivity contribution in [3.63, 3.8) is 0 Å². The molecule has 0 saturated heterocycles. The van der Waals surface area contributed by atoms with Gasteiger partial charge in [-0.3, -0.25) is 0 Å². The number of nitrogens with zero attached hydrogens (tertiary/aromatic N) is 1. The average molecular weight is 318 g/mol. The number of carbonyl (C=O) groups excluding carboxylic acids is 1. The molecule has 120 valence electrons. The lowest BCUT2D eigenvalue weighted by atomic mass is 10.2. The van der Waals surface area contributed by atoms with Gasteiger partial charge in [0.25, 0.3) is 0 Å². The van der Waals surface area contributed by atoms with Gasteiger partial charge in [-0.2, -0.15) is 0 Å². The molecule has 0 unspecified atom stereocenters. The molecule has 3 rings (SSSR count). The normalized spacial score (nSPS) is 10.0. The quantitative estimate of drug-likeness (QED) is 0.655. The van der Waals surface area contributed by atoms with E-state index in [9.17, 15) is 4.79 Å². The highest BCUT2D eigenvalue weighted by atomic mass is 16.2. The van der Waals surface area contributed by atoms with Crippen LogP contribution in [0.3, 0.4) is 0 Å². The Balaban J connectivity index is 1.51. The van der Waals surface area contributed by atoms with Gasteiger partial charge in [-0.15, -0.1) is 0 Å². The smallest absolute Gasteiger partial charge is 0.323 e. The first kappa shape index (κ1) is 15.6. The van der Waals surface area contributed by atoms with E-state index in [0.717, 1.165) is 11.5 Å². The van der Waals surface area contributed by atoms with Crippen molar-refractivity contribution >= 4 is 23.2 Å². The largest absolute Gasteiger partial charge is 0.366 e. The minimum Gasteiger partial charge on any atom is -0.366 e. The number of hydrogen-bond donors (Lipinski definition) is 3. The Morgan fingerprint density at radius 1 is 0.792 bits per heavy atom. The number of rotatable bonds is 5. The molecule has 0 aliphatic carbocycles. The second-order valence-electron chi connectivity index (χ2n) is 5.22. The summed E-state index contributed by atoms with van der Waals surface area (Å²) in [6, 6.07) is 22.7. The molecule has 0 bridgehead atoms. The van der Waals surface area contributed by atoms with Gasteiger partial charge in [0, 0.05) is 12.2 Å². The molecule has 5 nitrogen and oxygen atoms in total. The van der Waals surface area contributed by atoms with Crippen LogP contribution in [0.1, 0.15) is 5.56 Å². The number of amides is 2. The van der Waals surface area contributed by atoms with Gasteiger partial charge in [0.05, 0.1) is 11.9 Å². The van der Waals surface area contributed by atoms with Crippen LogP contribution in [0, 0.1) is 0 Å². The second kappa shape index (κ2) is 7.78. The molecular formula is C19H18N4O. The SMILES string of the molecule is O=C(Nc1ccccc1)Nc1ccc(NCc2ccccc2)nc1. The summed E-state index contributed by atoms with van der Waals surface area (Å²) in [5.41, 5.74) is 2.56. The predicted molar refractivity (Wildman–Crippen MR) is 97.1 cm³/mol. The minimum absolute atomic E-state index is 0.298. The van der Waals surface area contributed by atoms with Crippen molar-refractivity contribution in [1.29, 1.82) is 0 Å². The molecule has 0 aliphatic rings. The van der Waals surface area contributed by atoms with Crippen molar-refractivity contribution in [2.75, 3.05) is 16.0 Å². The van der Waals surface area contributed by atoms with Crippen LogP contribution in [0.25, 0.3) is 0 Å². The number of urea groups is 1. The Kier molecular flexibility index (Phi) is 5.04. The van der Waals surface area contributed by atoms with Gasteiger partial charge in [-0.05, 0) is 29.8 Å². The third kappa shape index (κ3) is 4.58. The van der Waals surface area contributed by atoms with Crippen LogP contribution in [-0.4, -0.2) is 11.0 Å². The van der Waals surface area contributed by atoms with Crippen molar-refractivity contribution < 1.29 is 4.79 Å². The molecule has 2 amide bonds. The molecule has 24 heavy (non-hydrogen) atoms. The molecular weight excluding hydrogens is 300 g/mol. The van der Waals surface area contributed by atoms with E-state index in [1.807, 2.05) is 60.7 Å². The molecule has 0 radical (unpaired) electrons. The van der Waals surface area contributed by atoms with Crippen LogP contribution in [-0.2, 0) is 6.54 Å². The van der Waals surface area contributed by atoms with Gasteiger partial charge in [0.15, 0.2) is 0 Å². The zero-order valence-corrected chi connectivity index (χ0v) is 13.1. The van der Waals surface area contributed by atoms with Gasteiger partial charge in [-0.25, -0.2) is 9.78 Å². The Morgan fingerprint density at radius 3 is 2.12 bits per heavy atom. The van der Waals surface area contributed by atoms with E-state index >= 15 is 0 Å². The fraction of sp³-hybridized carbons (Fsp3) is 0.0526. The minimum atomic E-state index is -0.298. The molecule has 0 spiro atoms. The van der Waals surface area contributed by atoms with Crippen LogP contribution >= 0.6 is 0 Å². The van der Waals surface area contributed by atoms with Gasteiger partial charge in [-0.1, -0.05) is 48.5 Å². The number of hydrogen-bond acceptors (Lipinski definition) is 3. The first-order valence-corrected chi connectivity index (χ1v) is 7.66. The highest BCUT2D eigenvalue weighted by molar-refractivity contribution is 5.99. The van der Waals surface area contributed by atoms with E-state index in [2.05, 4.69) is 33.1 Å². The lowest BCUT2D eigenvalue weighted by molar-refractivity contribution is 0.262. The van der Waals surface area contributed by atoms with Gasteiger partial charge >= 0.3 is 6.03 Å². The van der Waals surface area contributed by atoms with Gasteiger partial charge in [0.2, 0.25) is 0 Å². The second-order valence-corrected chi connectivity index (χ2v) is 5.22. The fourth-order valence-corrected chi connectivity index (χ4v) is 2.18. The number of anilines is 3. The number of para-hydroxylation sites is 1. The highest BCUT2D eigenvalue weighted by Gasteiger charge is 2.03. The van der Waals surface area contributed by atoms with Crippen LogP contribution in [0.5, 0.6) is 0 Å². The summed E-state index contributed by atoms with van der Waals surface area (Å²) in [5, 5.41) is 8.75. The topological polar surface area (TPSA) is 66.1 Å². The number of benzene rings is 2. The lowest BCUT2D eigenvalue weighted by Crippen LogP contribution is -2.19.